The molecule has 154 valence electrons. The Morgan fingerprint density at radius 2 is 1.20 bits per heavy atom. The van der Waals surface area contributed by atoms with Crippen LogP contribution in [0.3, 0.4) is 0 Å². The molecule has 2 N–H and O–H groups in total. The van der Waals surface area contributed by atoms with Gasteiger partial charge in [-0.05, 0) is 42.0 Å². The summed E-state index contributed by atoms with van der Waals surface area (Å²) in [4.78, 5) is -0.632. The largest absolute Gasteiger partial charge is 0.267 e. The van der Waals surface area contributed by atoms with Gasteiger partial charge in [-0.15, -0.1) is 0 Å². The SMILES string of the molecule is O=S(=O)(c1ccc(Cl)cc1)c1[nH]ncc1S(=O)(=O)c1[nH]ncc1-c1ccc(Cl)cc1. The maximum absolute atomic E-state index is 13.3. The van der Waals surface area contributed by atoms with Crippen molar-refractivity contribution in [1.82, 2.24) is 20.4 Å². The van der Waals surface area contributed by atoms with Crippen molar-refractivity contribution in [3.05, 3.63) is 71.0 Å². The zero-order valence-corrected chi connectivity index (χ0v) is 18.0. The lowest BCUT2D eigenvalue weighted by molar-refractivity contribution is 0.578. The molecule has 4 aromatic rings. The minimum absolute atomic E-state index is 0.130. The first-order valence-corrected chi connectivity index (χ1v) is 12.0. The van der Waals surface area contributed by atoms with Gasteiger partial charge in [0.2, 0.25) is 19.7 Å². The maximum Gasteiger partial charge on any atom is 0.228 e. The summed E-state index contributed by atoms with van der Waals surface area (Å²) in [6.07, 6.45) is 2.29. The van der Waals surface area contributed by atoms with Crippen molar-refractivity contribution in [2.45, 2.75) is 19.8 Å². The quantitative estimate of drug-likeness (QED) is 0.445. The van der Waals surface area contributed by atoms with Crippen LogP contribution in [0.5, 0.6) is 0 Å². The predicted octanol–water partition coefficient (Wildman–Crippen LogP) is 3.77. The molecule has 0 atom stereocenters. The topological polar surface area (TPSA) is 126 Å². The first kappa shape index (κ1) is 20.6. The summed E-state index contributed by atoms with van der Waals surface area (Å²) in [5.41, 5.74) is 0.806. The molecule has 0 amide bonds. The molecule has 0 aliphatic carbocycles. The molecule has 2 heterocycles. The standard InChI is InChI=1S/C18H12Cl2N4O4S2/c19-12-3-1-11(2-4-12)15-9-21-23-17(15)30(27,28)16-10-22-24-18(16)29(25,26)14-7-5-13(20)6-8-14/h1-10H,(H,21,23)(H,22,24). The van der Waals surface area contributed by atoms with Gasteiger partial charge in [-0.3, -0.25) is 10.2 Å². The lowest BCUT2D eigenvalue weighted by Crippen LogP contribution is -2.11. The lowest BCUT2D eigenvalue weighted by atomic mass is 10.1. The van der Waals surface area contributed by atoms with E-state index in [-0.39, 0.29) is 15.5 Å². The average molecular weight is 483 g/mol. The van der Waals surface area contributed by atoms with E-state index in [1.807, 2.05) is 0 Å². The Morgan fingerprint density at radius 3 is 1.83 bits per heavy atom. The van der Waals surface area contributed by atoms with E-state index >= 15 is 0 Å². The Kier molecular flexibility index (Phi) is 5.18. The summed E-state index contributed by atoms with van der Waals surface area (Å²) >= 11 is 11.7. The van der Waals surface area contributed by atoms with Crippen molar-refractivity contribution < 1.29 is 16.8 Å². The smallest absolute Gasteiger partial charge is 0.228 e. The Hall–Kier alpha value is -2.66. The van der Waals surface area contributed by atoms with Crippen LogP contribution in [0.1, 0.15) is 0 Å². The Labute approximate surface area is 181 Å². The lowest BCUT2D eigenvalue weighted by Gasteiger charge is -2.08. The zero-order valence-electron chi connectivity index (χ0n) is 14.9. The third kappa shape index (κ3) is 3.52. The molecule has 2 aromatic carbocycles. The third-order valence-corrected chi connectivity index (χ3v) is 8.39. The fourth-order valence-corrected chi connectivity index (χ4v) is 6.27. The fourth-order valence-electron chi connectivity index (χ4n) is 2.80. The van der Waals surface area contributed by atoms with E-state index in [4.69, 9.17) is 23.2 Å². The van der Waals surface area contributed by atoms with Crippen LogP contribution >= 0.6 is 23.2 Å². The number of aromatic nitrogens is 4. The van der Waals surface area contributed by atoms with E-state index < -0.39 is 29.6 Å². The van der Waals surface area contributed by atoms with E-state index in [0.29, 0.717) is 15.6 Å². The summed E-state index contributed by atoms with van der Waals surface area (Å²) < 4.78 is 52.7. The number of rotatable bonds is 5. The predicted molar refractivity (Wildman–Crippen MR) is 110 cm³/mol. The highest BCUT2D eigenvalue weighted by Gasteiger charge is 2.34. The van der Waals surface area contributed by atoms with E-state index in [1.54, 1.807) is 24.3 Å². The summed E-state index contributed by atoms with van der Waals surface area (Å²) in [7, 11) is -8.53. The number of H-pyrrole nitrogens is 2. The van der Waals surface area contributed by atoms with Crippen molar-refractivity contribution >= 4 is 42.9 Å². The molecule has 0 saturated carbocycles. The minimum atomic E-state index is -4.32. The molecule has 0 spiro atoms. The number of hydrogen-bond donors (Lipinski definition) is 2. The molecule has 0 radical (unpaired) electrons. The van der Waals surface area contributed by atoms with Gasteiger partial charge < -0.3 is 0 Å². The summed E-state index contributed by atoms with van der Waals surface area (Å²) in [5, 5.41) is 12.2. The number of nitrogens with zero attached hydrogens (tertiary/aromatic N) is 2. The van der Waals surface area contributed by atoms with Gasteiger partial charge in [0, 0.05) is 15.6 Å². The molecule has 8 nitrogen and oxygen atoms in total. The molecule has 0 fully saturated rings. The normalized spacial score (nSPS) is 12.2. The molecule has 2 aromatic heterocycles. The van der Waals surface area contributed by atoms with Gasteiger partial charge in [0.15, 0.2) is 10.1 Å². The van der Waals surface area contributed by atoms with E-state index in [1.165, 1.54) is 30.5 Å². The van der Waals surface area contributed by atoms with Gasteiger partial charge in [-0.2, -0.15) is 10.2 Å². The summed E-state index contributed by atoms with van der Waals surface area (Å²) in [6, 6.07) is 11.8. The fraction of sp³-hybridized carbons (Fsp3) is 0. The molecule has 4 rings (SSSR count). The number of hydrogen-bond acceptors (Lipinski definition) is 6. The molecule has 0 aliphatic rings. The first-order chi connectivity index (χ1) is 14.2. The van der Waals surface area contributed by atoms with Gasteiger partial charge >= 0.3 is 0 Å². The van der Waals surface area contributed by atoms with Crippen molar-refractivity contribution in [3.63, 3.8) is 0 Å². The van der Waals surface area contributed by atoms with Gasteiger partial charge in [0.1, 0.15) is 4.90 Å². The van der Waals surface area contributed by atoms with E-state index in [0.717, 1.165) is 6.20 Å². The van der Waals surface area contributed by atoms with Crippen LogP contribution in [0.25, 0.3) is 11.1 Å². The number of aromatic amines is 2. The number of benzene rings is 2. The highest BCUT2D eigenvalue weighted by atomic mass is 35.5. The first-order valence-electron chi connectivity index (χ1n) is 8.29. The van der Waals surface area contributed by atoms with Crippen molar-refractivity contribution in [2.75, 3.05) is 0 Å². The van der Waals surface area contributed by atoms with Crippen LogP contribution in [0.2, 0.25) is 10.0 Å². The Morgan fingerprint density at radius 1 is 0.667 bits per heavy atom. The van der Waals surface area contributed by atoms with Crippen molar-refractivity contribution in [2.24, 2.45) is 0 Å². The molecule has 0 aliphatic heterocycles. The van der Waals surface area contributed by atoms with E-state index in [9.17, 15) is 16.8 Å². The highest BCUT2D eigenvalue weighted by Crippen LogP contribution is 2.34. The number of halogens is 2. The number of sulfone groups is 2. The number of nitrogens with one attached hydrogen (secondary N) is 2. The van der Waals surface area contributed by atoms with Crippen LogP contribution < -0.4 is 0 Å². The monoisotopic (exact) mass is 482 g/mol. The molecule has 0 bridgehead atoms. The van der Waals surface area contributed by atoms with Crippen LogP contribution in [0.15, 0.2) is 80.8 Å². The molecule has 30 heavy (non-hydrogen) atoms. The molecule has 0 unspecified atom stereocenters. The van der Waals surface area contributed by atoms with Crippen molar-refractivity contribution in [1.29, 1.82) is 0 Å². The molecule has 12 heteroatoms. The Bertz CT molecular complexity index is 1430. The second kappa shape index (κ2) is 7.55. The van der Waals surface area contributed by atoms with E-state index in [2.05, 4.69) is 20.4 Å². The average Bonchev–Trinajstić information content (AvgIpc) is 3.40. The van der Waals surface area contributed by atoms with Crippen LogP contribution in [0.4, 0.5) is 0 Å². The van der Waals surface area contributed by atoms with Gasteiger partial charge in [0.05, 0.1) is 17.3 Å². The molecular formula is C18H12Cl2N4O4S2. The zero-order chi connectivity index (χ0) is 21.5. The summed E-state index contributed by atoms with van der Waals surface area (Å²) in [5.74, 6) is 0. The molecular weight excluding hydrogens is 471 g/mol. The second-order valence-corrected chi connectivity index (χ2v) is 10.8. The van der Waals surface area contributed by atoms with Crippen LogP contribution in [-0.4, -0.2) is 37.2 Å². The van der Waals surface area contributed by atoms with Gasteiger partial charge in [-0.1, -0.05) is 35.3 Å². The summed E-state index contributed by atoms with van der Waals surface area (Å²) in [6.45, 7) is 0. The van der Waals surface area contributed by atoms with Gasteiger partial charge in [0.25, 0.3) is 0 Å². The maximum atomic E-state index is 13.3. The Balaban J connectivity index is 1.84. The highest BCUT2D eigenvalue weighted by molar-refractivity contribution is 7.94. The van der Waals surface area contributed by atoms with Crippen molar-refractivity contribution in [3.8, 4) is 11.1 Å². The van der Waals surface area contributed by atoms with Crippen LogP contribution in [0, 0.1) is 0 Å². The minimum Gasteiger partial charge on any atom is -0.267 e. The van der Waals surface area contributed by atoms with Crippen LogP contribution in [-0.2, 0) is 19.7 Å². The van der Waals surface area contributed by atoms with Gasteiger partial charge in [-0.25, -0.2) is 16.8 Å². The third-order valence-electron chi connectivity index (χ3n) is 4.28. The molecule has 0 saturated heterocycles. The second-order valence-electron chi connectivity index (χ2n) is 6.14.